The Morgan fingerprint density at radius 3 is 2.45 bits per heavy atom. The zero-order valence-electron chi connectivity index (χ0n) is 12.4. The van der Waals surface area contributed by atoms with Crippen LogP contribution in [0.3, 0.4) is 0 Å². The van der Waals surface area contributed by atoms with Crippen LogP contribution in [-0.4, -0.2) is 45.8 Å². The fourth-order valence-electron chi connectivity index (χ4n) is 1.75. The molecule has 1 rings (SSSR count). The first-order chi connectivity index (χ1) is 9.72. The first-order valence-corrected chi connectivity index (χ1v) is 6.78. The lowest BCUT2D eigenvalue weighted by atomic mass is 10.1. The van der Waals surface area contributed by atoms with Crippen LogP contribution in [0, 0.1) is 0 Å². The van der Waals surface area contributed by atoms with E-state index in [1.54, 1.807) is 32.4 Å². The molecule has 1 atom stereocenters. The second-order valence-electron chi connectivity index (χ2n) is 4.31. The van der Waals surface area contributed by atoms with Gasteiger partial charge in [-0.3, -0.25) is 0 Å². The SMILES string of the molecule is CCCOCCOCC(O)c1cc(OC)ccc1OC. The Balaban J connectivity index is 2.47. The normalized spacial score (nSPS) is 12.2. The molecule has 0 spiro atoms. The minimum Gasteiger partial charge on any atom is -0.497 e. The average molecular weight is 284 g/mol. The van der Waals surface area contributed by atoms with Gasteiger partial charge < -0.3 is 24.1 Å². The maximum absolute atomic E-state index is 10.2. The van der Waals surface area contributed by atoms with Gasteiger partial charge in [0.2, 0.25) is 0 Å². The summed E-state index contributed by atoms with van der Waals surface area (Å²) in [5.41, 5.74) is 0.654. The van der Waals surface area contributed by atoms with Crippen molar-refractivity contribution in [2.45, 2.75) is 19.4 Å². The molecule has 1 aromatic carbocycles. The third-order valence-corrected chi connectivity index (χ3v) is 2.79. The maximum atomic E-state index is 10.2. The van der Waals surface area contributed by atoms with Crippen molar-refractivity contribution >= 4 is 0 Å². The first kappa shape index (κ1) is 16.8. The van der Waals surface area contributed by atoms with Gasteiger partial charge in [-0.05, 0) is 24.6 Å². The summed E-state index contributed by atoms with van der Waals surface area (Å²) in [4.78, 5) is 0. The molecule has 114 valence electrons. The highest BCUT2D eigenvalue weighted by Crippen LogP contribution is 2.29. The van der Waals surface area contributed by atoms with Gasteiger partial charge in [0.25, 0.3) is 0 Å². The molecule has 0 aliphatic rings. The number of hydrogen-bond donors (Lipinski definition) is 1. The summed E-state index contributed by atoms with van der Waals surface area (Å²) in [6.07, 6.45) is 0.232. The smallest absolute Gasteiger partial charge is 0.125 e. The van der Waals surface area contributed by atoms with Gasteiger partial charge in [0.15, 0.2) is 0 Å². The molecule has 0 radical (unpaired) electrons. The summed E-state index contributed by atoms with van der Waals surface area (Å²) in [5.74, 6) is 1.29. The van der Waals surface area contributed by atoms with E-state index in [0.29, 0.717) is 30.3 Å². The van der Waals surface area contributed by atoms with Crippen LogP contribution in [0.15, 0.2) is 18.2 Å². The molecule has 0 fully saturated rings. The van der Waals surface area contributed by atoms with E-state index in [9.17, 15) is 5.11 Å². The van der Waals surface area contributed by atoms with Gasteiger partial charge in [0.05, 0.1) is 34.0 Å². The standard InChI is InChI=1S/C15H24O5/c1-4-7-19-8-9-20-11-14(16)13-10-12(17-2)5-6-15(13)18-3/h5-6,10,14,16H,4,7-9,11H2,1-3H3. The molecule has 0 bridgehead atoms. The molecule has 0 saturated heterocycles. The topological polar surface area (TPSA) is 57.2 Å². The molecule has 1 N–H and O–H groups in total. The minimum absolute atomic E-state index is 0.193. The average Bonchev–Trinajstić information content (AvgIpc) is 2.49. The van der Waals surface area contributed by atoms with Crippen LogP contribution in [0.25, 0.3) is 0 Å². The van der Waals surface area contributed by atoms with E-state index in [1.165, 1.54) is 0 Å². The summed E-state index contributed by atoms with van der Waals surface area (Å²) in [5, 5.41) is 10.2. The number of methoxy groups -OCH3 is 2. The van der Waals surface area contributed by atoms with Crippen LogP contribution < -0.4 is 9.47 Å². The van der Waals surface area contributed by atoms with E-state index in [-0.39, 0.29) is 6.61 Å². The fourth-order valence-corrected chi connectivity index (χ4v) is 1.75. The lowest BCUT2D eigenvalue weighted by Crippen LogP contribution is -2.12. The first-order valence-electron chi connectivity index (χ1n) is 6.78. The zero-order chi connectivity index (χ0) is 14.8. The van der Waals surface area contributed by atoms with E-state index >= 15 is 0 Å². The predicted octanol–water partition coefficient (Wildman–Crippen LogP) is 2.18. The maximum Gasteiger partial charge on any atom is 0.125 e. The highest BCUT2D eigenvalue weighted by atomic mass is 16.5. The van der Waals surface area contributed by atoms with Crippen LogP contribution in [0.5, 0.6) is 11.5 Å². The highest BCUT2D eigenvalue weighted by molar-refractivity contribution is 5.41. The van der Waals surface area contributed by atoms with E-state index in [4.69, 9.17) is 18.9 Å². The molecule has 1 aromatic rings. The van der Waals surface area contributed by atoms with Crippen LogP contribution in [-0.2, 0) is 9.47 Å². The number of hydrogen-bond acceptors (Lipinski definition) is 5. The Kier molecular flexibility index (Phi) is 8.02. The van der Waals surface area contributed by atoms with E-state index in [0.717, 1.165) is 13.0 Å². The lowest BCUT2D eigenvalue weighted by molar-refractivity contribution is 0.00257. The molecule has 0 aliphatic carbocycles. The number of benzene rings is 1. The van der Waals surface area contributed by atoms with Gasteiger partial charge in [-0.15, -0.1) is 0 Å². The van der Waals surface area contributed by atoms with E-state index in [2.05, 4.69) is 6.92 Å². The van der Waals surface area contributed by atoms with E-state index < -0.39 is 6.10 Å². The third-order valence-electron chi connectivity index (χ3n) is 2.79. The Hall–Kier alpha value is -1.30. The number of aliphatic hydroxyl groups is 1. The van der Waals surface area contributed by atoms with Crippen molar-refractivity contribution in [2.24, 2.45) is 0 Å². The number of ether oxygens (including phenoxy) is 4. The quantitative estimate of drug-likeness (QED) is 0.667. The van der Waals surface area contributed by atoms with Crippen molar-refractivity contribution < 1.29 is 24.1 Å². The van der Waals surface area contributed by atoms with Crippen molar-refractivity contribution in [2.75, 3.05) is 40.6 Å². The van der Waals surface area contributed by atoms with Crippen LogP contribution >= 0.6 is 0 Å². The van der Waals surface area contributed by atoms with Crippen molar-refractivity contribution in [1.29, 1.82) is 0 Å². The van der Waals surface area contributed by atoms with Crippen molar-refractivity contribution in [3.63, 3.8) is 0 Å². The molecule has 5 heteroatoms. The molecule has 0 amide bonds. The Morgan fingerprint density at radius 1 is 1.05 bits per heavy atom. The van der Waals surface area contributed by atoms with Gasteiger partial charge in [-0.25, -0.2) is 0 Å². The largest absolute Gasteiger partial charge is 0.497 e. The molecule has 20 heavy (non-hydrogen) atoms. The molecule has 0 saturated carbocycles. The third kappa shape index (κ3) is 5.36. The summed E-state index contributed by atoms with van der Waals surface area (Å²) in [7, 11) is 3.15. The highest BCUT2D eigenvalue weighted by Gasteiger charge is 2.14. The van der Waals surface area contributed by atoms with E-state index in [1.807, 2.05) is 0 Å². The molecular weight excluding hydrogens is 260 g/mol. The summed E-state index contributed by atoms with van der Waals surface area (Å²) < 4.78 is 21.1. The van der Waals surface area contributed by atoms with Gasteiger partial charge in [-0.1, -0.05) is 6.92 Å². The molecule has 0 heterocycles. The van der Waals surface area contributed by atoms with Crippen LogP contribution in [0.2, 0.25) is 0 Å². The number of rotatable bonds is 10. The lowest BCUT2D eigenvalue weighted by Gasteiger charge is -2.16. The van der Waals surface area contributed by atoms with Crippen molar-refractivity contribution in [1.82, 2.24) is 0 Å². The molecular formula is C15H24O5. The summed E-state index contributed by atoms with van der Waals surface area (Å²) >= 11 is 0. The van der Waals surface area contributed by atoms with Crippen LogP contribution in [0.1, 0.15) is 25.0 Å². The van der Waals surface area contributed by atoms with Gasteiger partial charge >= 0.3 is 0 Å². The Bertz CT molecular complexity index is 381. The minimum atomic E-state index is -0.758. The molecule has 0 aromatic heterocycles. The number of aliphatic hydroxyl groups excluding tert-OH is 1. The molecule has 0 aliphatic heterocycles. The van der Waals surface area contributed by atoms with Crippen molar-refractivity contribution in [3.05, 3.63) is 23.8 Å². The molecule has 5 nitrogen and oxygen atoms in total. The van der Waals surface area contributed by atoms with Crippen LogP contribution in [0.4, 0.5) is 0 Å². The summed E-state index contributed by atoms with van der Waals surface area (Å²) in [6, 6.07) is 5.30. The Labute approximate surface area is 120 Å². The zero-order valence-corrected chi connectivity index (χ0v) is 12.4. The van der Waals surface area contributed by atoms with Gasteiger partial charge in [0.1, 0.15) is 17.6 Å². The van der Waals surface area contributed by atoms with Gasteiger partial charge in [0, 0.05) is 12.2 Å². The fraction of sp³-hybridized carbons (Fsp3) is 0.600. The molecule has 1 unspecified atom stereocenters. The summed E-state index contributed by atoms with van der Waals surface area (Å²) in [6.45, 7) is 3.98. The Morgan fingerprint density at radius 2 is 1.80 bits per heavy atom. The van der Waals surface area contributed by atoms with Crippen molar-refractivity contribution in [3.8, 4) is 11.5 Å². The monoisotopic (exact) mass is 284 g/mol. The second-order valence-corrected chi connectivity index (χ2v) is 4.31. The second kappa shape index (κ2) is 9.58. The van der Waals surface area contributed by atoms with Gasteiger partial charge in [-0.2, -0.15) is 0 Å². The predicted molar refractivity (Wildman–Crippen MR) is 76.4 cm³/mol.